The van der Waals surface area contributed by atoms with Gasteiger partial charge in [-0.05, 0) is 12.1 Å². The van der Waals surface area contributed by atoms with Crippen LogP contribution in [-0.2, 0) is 39.3 Å². The third-order valence-electron chi connectivity index (χ3n) is 9.19. The van der Waals surface area contributed by atoms with Crippen molar-refractivity contribution in [2.24, 2.45) is 0 Å². The zero-order valence-electron chi connectivity index (χ0n) is 28.2. The van der Waals surface area contributed by atoms with Crippen LogP contribution >= 0.6 is 0 Å². The summed E-state index contributed by atoms with van der Waals surface area (Å²) in [6.07, 6.45) is 5.15. The van der Waals surface area contributed by atoms with E-state index in [1.165, 1.54) is 111 Å². The molecule has 0 saturated heterocycles. The van der Waals surface area contributed by atoms with Gasteiger partial charge in [0.05, 0.1) is 52.4 Å². The van der Waals surface area contributed by atoms with E-state index in [0.717, 1.165) is 39.3 Å². The van der Waals surface area contributed by atoms with Gasteiger partial charge in [0.2, 0.25) is 0 Å². The smallest absolute Gasteiger partial charge is 0.103 e. The zero-order valence-corrected chi connectivity index (χ0v) is 37.7. The number of quaternary nitrogens is 6. The molecule has 0 amide bonds. The molecule has 0 aliphatic carbocycles. The molecule has 0 spiro atoms. The molecule has 48 heavy (non-hydrogen) atoms. The predicted octanol–water partition coefficient (Wildman–Crippen LogP) is -20.3. The standard InChI is InChI=1S/C36H52N6.6BrH/c1-7-33-23-34(8-1)26-38-16-4-20-41(19-3-15-37-25-33)29-31-11-13-32(14-12-31)30-42-21-5-17-39-27-35-9-2-10-36(24-35)28-40-18-6-22-42;;;;;;/h1-2,7-14,23-24,37-40H,3-6,15-22,25-30H2;6*1H. The van der Waals surface area contributed by atoms with Crippen molar-refractivity contribution in [3.63, 3.8) is 0 Å². The topological polar surface area (TPSA) is 75.3 Å². The molecule has 5 rings (SSSR count). The van der Waals surface area contributed by atoms with E-state index in [1.54, 1.807) is 9.80 Å². The molecular formula is C36H58Br6N6. The molecule has 12 heteroatoms. The van der Waals surface area contributed by atoms with Crippen molar-refractivity contribution < 1.29 is 133 Å². The summed E-state index contributed by atoms with van der Waals surface area (Å²) in [6, 6.07) is 28.1. The first kappa shape index (κ1) is 50.4. The second-order valence-electron chi connectivity index (χ2n) is 12.9. The third kappa shape index (κ3) is 19.2. The van der Waals surface area contributed by atoms with Gasteiger partial charge in [-0.25, -0.2) is 0 Å². The average molecular weight is 1050 g/mol. The lowest BCUT2D eigenvalue weighted by Crippen LogP contribution is -3.11. The Morgan fingerprint density at radius 2 is 0.667 bits per heavy atom. The van der Waals surface area contributed by atoms with E-state index in [1.807, 2.05) is 0 Å². The fraction of sp³-hybridized carbons (Fsp3) is 0.500. The lowest BCUT2D eigenvalue weighted by Gasteiger charge is -2.21. The van der Waals surface area contributed by atoms with Gasteiger partial charge < -0.3 is 133 Å². The van der Waals surface area contributed by atoms with Gasteiger partial charge in [0.15, 0.2) is 0 Å². The zero-order chi connectivity index (χ0) is 28.7. The number of rotatable bonds is 4. The lowest BCUT2D eigenvalue weighted by molar-refractivity contribution is -0.917. The van der Waals surface area contributed by atoms with E-state index < -0.39 is 0 Å². The van der Waals surface area contributed by atoms with Gasteiger partial charge in [0.25, 0.3) is 0 Å². The number of halogens is 6. The Kier molecular flexibility index (Phi) is 31.3. The minimum absolute atomic E-state index is 0. The Labute approximate surface area is 353 Å². The van der Waals surface area contributed by atoms with Crippen LogP contribution in [0.2, 0.25) is 0 Å². The Morgan fingerprint density at radius 1 is 0.396 bits per heavy atom. The molecular weight excluding hydrogens is 996 g/mol. The minimum Gasteiger partial charge on any atom is -1.00 e. The second kappa shape index (κ2) is 29.8. The van der Waals surface area contributed by atoms with Gasteiger partial charge >= 0.3 is 0 Å². The van der Waals surface area contributed by atoms with Crippen LogP contribution in [0.25, 0.3) is 0 Å². The van der Waals surface area contributed by atoms with Gasteiger partial charge in [-0.15, -0.1) is 0 Å². The maximum atomic E-state index is 2.50. The van der Waals surface area contributed by atoms with Crippen LogP contribution in [0.3, 0.4) is 0 Å². The highest BCUT2D eigenvalue weighted by Gasteiger charge is 2.14. The van der Waals surface area contributed by atoms with E-state index in [4.69, 9.17) is 0 Å². The molecule has 6 nitrogen and oxygen atoms in total. The van der Waals surface area contributed by atoms with Crippen LogP contribution in [0.4, 0.5) is 0 Å². The van der Waals surface area contributed by atoms with Crippen LogP contribution < -0.4 is 133 Å². The molecule has 3 aromatic carbocycles. The summed E-state index contributed by atoms with van der Waals surface area (Å²) in [6.45, 7) is 16.7. The molecule has 2 heterocycles. The van der Waals surface area contributed by atoms with Crippen molar-refractivity contribution >= 4 is 0 Å². The van der Waals surface area contributed by atoms with Crippen molar-refractivity contribution in [1.29, 1.82) is 0 Å². The van der Waals surface area contributed by atoms with Crippen LogP contribution in [0, 0.1) is 0 Å². The molecule has 2 aliphatic rings. The van der Waals surface area contributed by atoms with Crippen LogP contribution in [0.1, 0.15) is 59.1 Å². The highest BCUT2D eigenvalue weighted by Crippen LogP contribution is 2.05. The predicted molar refractivity (Wildman–Crippen MR) is 169 cm³/mol. The molecule has 2 aliphatic heterocycles. The molecule has 0 radical (unpaired) electrons. The molecule has 0 unspecified atom stereocenters. The summed E-state index contributed by atoms with van der Waals surface area (Å²) in [5.74, 6) is 0. The summed E-state index contributed by atoms with van der Waals surface area (Å²) in [4.78, 5) is 3.50. The van der Waals surface area contributed by atoms with E-state index in [9.17, 15) is 0 Å². The van der Waals surface area contributed by atoms with E-state index >= 15 is 0 Å². The normalized spacial score (nSPS) is 17.0. The molecule has 0 fully saturated rings. The van der Waals surface area contributed by atoms with Crippen molar-refractivity contribution in [1.82, 2.24) is 0 Å². The fourth-order valence-corrected chi connectivity index (χ4v) is 6.78. The van der Waals surface area contributed by atoms with Gasteiger partial charge in [0.1, 0.15) is 39.3 Å². The Hall–Kier alpha value is 0.300. The van der Waals surface area contributed by atoms with Gasteiger partial charge in [-0.1, -0.05) is 60.7 Å². The maximum Gasteiger partial charge on any atom is 0.103 e. The minimum atomic E-state index is 0. The number of benzene rings is 3. The lowest BCUT2D eigenvalue weighted by atomic mass is 10.1. The first-order chi connectivity index (χ1) is 20.8. The molecule has 10 N–H and O–H groups in total. The van der Waals surface area contributed by atoms with Crippen LogP contribution in [-0.4, -0.2) is 52.4 Å². The summed E-state index contributed by atoms with van der Waals surface area (Å²) >= 11 is 0. The van der Waals surface area contributed by atoms with E-state index in [0.29, 0.717) is 0 Å². The molecule has 0 aromatic heterocycles. The van der Waals surface area contributed by atoms with Crippen LogP contribution in [0.5, 0.6) is 0 Å². The van der Waals surface area contributed by atoms with E-state index in [-0.39, 0.29) is 102 Å². The van der Waals surface area contributed by atoms with Gasteiger partial charge in [-0.3, -0.25) is 0 Å². The second-order valence-corrected chi connectivity index (χ2v) is 12.9. The number of nitrogens with one attached hydrogen (secondary N) is 2. The highest BCUT2D eigenvalue weighted by atomic mass is 79.9. The SMILES string of the molecule is [Br-].[Br-].[Br-].[Br-].[Br-].[Br-].c1cc2cc(c1)C[NH2+]CCC[NH+](Cc1ccc(C[NH+]3CCC[NH2+]Cc4cccc(c4)C[NH2+]CCC3)cc1)CCC[NH2+]C2. The summed E-state index contributed by atoms with van der Waals surface area (Å²) < 4.78 is 0. The number of hydrogen-bond donors (Lipinski definition) is 6. The average Bonchev–Trinajstić information content (AvgIpc) is 3.00. The number of hydrogen-bond acceptors (Lipinski definition) is 0. The Morgan fingerprint density at radius 3 is 0.938 bits per heavy atom. The quantitative estimate of drug-likeness (QED) is 0.151. The molecule has 274 valence electrons. The summed E-state index contributed by atoms with van der Waals surface area (Å²) in [7, 11) is 0. The first-order valence-electron chi connectivity index (χ1n) is 17.0. The maximum absolute atomic E-state index is 2.50. The summed E-state index contributed by atoms with van der Waals surface area (Å²) in [5, 5.41) is 9.99. The first-order valence-corrected chi connectivity index (χ1v) is 17.0. The molecule has 3 aromatic rings. The molecule has 4 bridgehead atoms. The van der Waals surface area contributed by atoms with Crippen molar-refractivity contribution in [3.05, 3.63) is 106 Å². The van der Waals surface area contributed by atoms with Crippen molar-refractivity contribution in [3.8, 4) is 0 Å². The molecule has 0 saturated carbocycles. The third-order valence-corrected chi connectivity index (χ3v) is 9.19. The van der Waals surface area contributed by atoms with Crippen LogP contribution in [0.15, 0.2) is 72.8 Å². The fourth-order valence-electron chi connectivity index (χ4n) is 6.78. The van der Waals surface area contributed by atoms with Crippen molar-refractivity contribution in [2.75, 3.05) is 52.4 Å². The molecule has 0 atom stereocenters. The van der Waals surface area contributed by atoms with E-state index in [2.05, 4.69) is 94.1 Å². The monoisotopic (exact) mass is 1050 g/mol. The van der Waals surface area contributed by atoms with Crippen molar-refractivity contribution in [2.45, 2.75) is 65.0 Å². The van der Waals surface area contributed by atoms with Gasteiger partial charge in [-0.2, -0.15) is 0 Å². The number of nitrogens with two attached hydrogens (primary N) is 4. The Bertz CT molecular complexity index is 1050. The van der Waals surface area contributed by atoms with Gasteiger partial charge in [0, 0.05) is 59.1 Å². The Balaban J connectivity index is 0. The largest absolute Gasteiger partial charge is 1.00 e. The highest BCUT2D eigenvalue weighted by molar-refractivity contribution is 5.23. The number of fused-ring (bicyclic) bond motifs is 4. The summed E-state index contributed by atoms with van der Waals surface area (Å²) in [5.41, 5.74) is 8.87.